The first-order valence-electron chi connectivity index (χ1n) is 4.86. The van der Waals surface area contributed by atoms with Crippen molar-refractivity contribution < 1.29 is 13.3 Å². The van der Waals surface area contributed by atoms with Crippen LogP contribution in [0.2, 0.25) is 5.04 Å². The summed E-state index contributed by atoms with van der Waals surface area (Å²) in [7, 11) is 2.38. The van der Waals surface area contributed by atoms with E-state index < -0.39 is 8.80 Å². The van der Waals surface area contributed by atoms with Crippen LogP contribution < -0.4 is 0 Å². The fraction of sp³-hybridized carbons (Fsp3) is 0.900. The topological polar surface area (TPSA) is 27.7 Å². The van der Waals surface area contributed by atoms with E-state index in [4.69, 9.17) is 13.3 Å². The molecule has 0 amide bonds. The molecule has 0 atom stereocenters. The summed E-state index contributed by atoms with van der Waals surface area (Å²) in [5.74, 6) is 0.484. The van der Waals surface area contributed by atoms with Crippen molar-refractivity contribution in [1.82, 2.24) is 0 Å². The summed E-state index contributed by atoms with van der Waals surface area (Å²) in [6, 6.07) is 0. The molecule has 0 fully saturated rings. The Hall–Kier alpha value is 0.0969. The van der Waals surface area contributed by atoms with Gasteiger partial charge in [0.05, 0.1) is 0 Å². The van der Waals surface area contributed by atoms with E-state index in [2.05, 4.69) is 34.1 Å². The first-order chi connectivity index (χ1) is 6.35. The van der Waals surface area contributed by atoms with Crippen molar-refractivity contribution in [3.8, 4) is 0 Å². The van der Waals surface area contributed by atoms with Crippen LogP contribution in [0.1, 0.15) is 27.7 Å². The van der Waals surface area contributed by atoms with Crippen molar-refractivity contribution in [2.75, 3.05) is 21.3 Å². The zero-order valence-electron chi connectivity index (χ0n) is 10.4. The number of rotatable bonds is 6. The molecular weight excluding hydrogens is 196 g/mol. The Balaban J connectivity index is 4.78. The van der Waals surface area contributed by atoms with Crippen LogP contribution >= 0.6 is 0 Å². The smallest absolute Gasteiger partial charge is 0.377 e. The van der Waals surface area contributed by atoms with Gasteiger partial charge in [-0.3, -0.25) is 0 Å². The first-order valence-corrected chi connectivity index (χ1v) is 6.59. The van der Waals surface area contributed by atoms with Crippen LogP contribution in [0.15, 0.2) is 0 Å². The highest BCUT2D eigenvalue weighted by molar-refractivity contribution is 6.64. The van der Waals surface area contributed by atoms with Gasteiger partial charge in [0.1, 0.15) is 0 Å². The molecule has 1 radical (unpaired) electrons. The van der Waals surface area contributed by atoms with Gasteiger partial charge in [0.25, 0.3) is 0 Å². The molecule has 0 aliphatic carbocycles. The Morgan fingerprint density at radius 3 is 1.57 bits per heavy atom. The average Bonchev–Trinajstić information content (AvgIpc) is 2.05. The van der Waals surface area contributed by atoms with Gasteiger partial charge in [-0.05, 0) is 12.3 Å². The van der Waals surface area contributed by atoms with Gasteiger partial charge >= 0.3 is 8.80 Å². The lowest BCUT2D eigenvalue weighted by Crippen LogP contribution is -2.52. The lowest BCUT2D eigenvalue weighted by molar-refractivity contribution is 0.0995. The SMILES string of the molecule is CO[Si](OC)(OC)C(C)(C)[CH]C(C)C. The maximum absolute atomic E-state index is 5.47. The summed E-state index contributed by atoms with van der Waals surface area (Å²) in [4.78, 5) is 0. The molecule has 0 spiro atoms. The summed E-state index contributed by atoms with van der Waals surface area (Å²) in [6.07, 6.45) is 2.22. The van der Waals surface area contributed by atoms with Crippen LogP contribution in [0.4, 0.5) is 0 Å². The molecule has 0 N–H and O–H groups in total. The molecule has 0 aromatic rings. The van der Waals surface area contributed by atoms with Crippen LogP contribution in [0.3, 0.4) is 0 Å². The van der Waals surface area contributed by atoms with Crippen LogP contribution in [0, 0.1) is 12.3 Å². The molecule has 0 heterocycles. The van der Waals surface area contributed by atoms with Gasteiger partial charge in [0, 0.05) is 26.4 Å². The molecule has 0 saturated carbocycles. The van der Waals surface area contributed by atoms with Crippen LogP contribution in [-0.4, -0.2) is 30.1 Å². The van der Waals surface area contributed by atoms with Crippen molar-refractivity contribution in [2.24, 2.45) is 5.92 Å². The molecule has 0 aromatic heterocycles. The standard InChI is InChI=1S/C10H23O3Si/c1-9(2)8-10(3,4)14(11-5,12-6)13-7/h8-9H,1-7H3. The number of hydrogen-bond acceptors (Lipinski definition) is 3. The quantitative estimate of drug-likeness (QED) is 0.642. The van der Waals surface area contributed by atoms with E-state index in [1.54, 1.807) is 21.3 Å². The van der Waals surface area contributed by atoms with E-state index in [0.29, 0.717) is 5.92 Å². The summed E-state index contributed by atoms with van der Waals surface area (Å²) < 4.78 is 16.4. The fourth-order valence-corrected chi connectivity index (χ4v) is 4.59. The van der Waals surface area contributed by atoms with E-state index >= 15 is 0 Å². The molecule has 0 aromatic carbocycles. The summed E-state index contributed by atoms with van der Waals surface area (Å²) in [6.45, 7) is 8.47. The third kappa shape index (κ3) is 2.79. The number of hydrogen-bond donors (Lipinski definition) is 0. The van der Waals surface area contributed by atoms with Crippen LogP contribution in [0.5, 0.6) is 0 Å². The normalized spacial score (nSPS) is 13.7. The zero-order valence-corrected chi connectivity index (χ0v) is 11.4. The molecule has 0 aliphatic heterocycles. The minimum Gasteiger partial charge on any atom is -0.377 e. The molecule has 85 valence electrons. The second kappa shape index (κ2) is 5.26. The Morgan fingerprint density at radius 2 is 1.36 bits per heavy atom. The zero-order chi connectivity index (χ0) is 11.4. The molecule has 4 heteroatoms. The monoisotopic (exact) mass is 219 g/mol. The molecule has 3 nitrogen and oxygen atoms in total. The van der Waals surface area contributed by atoms with Crippen LogP contribution in [-0.2, 0) is 13.3 Å². The second-order valence-corrected chi connectivity index (χ2v) is 7.93. The lowest BCUT2D eigenvalue weighted by atomic mass is 10.00. The third-order valence-electron chi connectivity index (χ3n) is 2.35. The Morgan fingerprint density at radius 1 is 1.00 bits per heavy atom. The Kier molecular flexibility index (Phi) is 5.29. The minimum absolute atomic E-state index is 0.167. The van der Waals surface area contributed by atoms with E-state index in [0.717, 1.165) is 0 Å². The largest absolute Gasteiger partial charge is 0.506 e. The van der Waals surface area contributed by atoms with Crippen molar-refractivity contribution in [1.29, 1.82) is 0 Å². The van der Waals surface area contributed by atoms with E-state index in [1.807, 2.05) is 0 Å². The predicted molar refractivity (Wildman–Crippen MR) is 60.0 cm³/mol. The minimum atomic E-state index is -2.56. The summed E-state index contributed by atoms with van der Waals surface area (Å²) in [5.41, 5.74) is 0. The first kappa shape index (κ1) is 14.1. The van der Waals surface area contributed by atoms with E-state index in [1.165, 1.54) is 0 Å². The molecule has 0 unspecified atom stereocenters. The Bertz CT molecular complexity index is 156. The van der Waals surface area contributed by atoms with Crippen molar-refractivity contribution in [3.63, 3.8) is 0 Å². The van der Waals surface area contributed by atoms with Gasteiger partial charge in [0.15, 0.2) is 0 Å². The maximum Gasteiger partial charge on any atom is 0.506 e. The highest BCUT2D eigenvalue weighted by Gasteiger charge is 2.53. The molecule has 0 aliphatic rings. The highest BCUT2D eigenvalue weighted by atomic mass is 28.4. The average molecular weight is 219 g/mol. The van der Waals surface area contributed by atoms with Gasteiger partial charge in [0.2, 0.25) is 0 Å². The van der Waals surface area contributed by atoms with Gasteiger partial charge in [-0.25, -0.2) is 0 Å². The van der Waals surface area contributed by atoms with Crippen molar-refractivity contribution >= 4 is 8.80 Å². The van der Waals surface area contributed by atoms with Crippen molar-refractivity contribution in [3.05, 3.63) is 6.42 Å². The van der Waals surface area contributed by atoms with Gasteiger partial charge in [-0.15, -0.1) is 0 Å². The fourth-order valence-electron chi connectivity index (χ4n) is 1.97. The molecule has 0 rings (SSSR count). The van der Waals surface area contributed by atoms with Gasteiger partial charge < -0.3 is 13.3 Å². The van der Waals surface area contributed by atoms with Gasteiger partial charge in [-0.2, -0.15) is 0 Å². The second-order valence-electron chi connectivity index (χ2n) is 4.30. The van der Waals surface area contributed by atoms with E-state index in [9.17, 15) is 0 Å². The third-order valence-corrected chi connectivity index (χ3v) is 5.70. The summed E-state index contributed by atoms with van der Waals surface area (Å²) in [5, 5.41) is -0.167. The predicted octanol–water partition coefficient (Wildman–Crippen LogP) is 2.50. The molecular formula is C10H23O3Si. The van der Waals surface area contributed by atoms with E-state index in [-0.39, 0.29) is 5.04 Å². The summed E-state index contributed by atoms with van der Waals surface area (Å²) >= 11 is 0. The molecule has 0 saturated heterocycles. The molecule has 0 bridgehead atoms. The lowest BCUT2D eigenvalue weighted by Gasteiger charge is -2.39. The maximum atomic E-state index is 5.47. The molecule has 14 heavy (non-hydrogen) atoms. The van der Waals surface area contributed by atoms with Crippen molar-refractivity contribution in [2.45, 2.75) is 32.7 Å². The van der Waals surface area contributed by atoms with Crippen LogP contribution in [0.25, 0.3) is 0 Å². The highest BCUT2D eigenvalue weighted by Crippen LogP contribution is 2.42. The van der Waals surface area contributed by atoms with Gasteiger partial charge in [-0.1, -0.05) is 27.7 Å². The Labute approximate surface area is 89.1 Å².